The SMILES string of the molecule is C[N+]1(CCCCOc2ccc3c(c2)oc2cc(F)ccc23)CCCCC1.[Br-]. The van der Waals surface area contributed by atoms with E-state index in [-0.39, 0.29) is 22.8 Å². The van der Waals surface area contributed by atoms with Crippen molar-refractivity contribution in [2.45, 2.75) is 32.1 Å². The maximum absolute atomic E-state index is 13.4. The fourth-order valence-electron chi connectivity index (χ4n) is 4.11. The zero-order valence-electron chi connectivity index (χ0n) is 15.8. The summed E-state index contributed by atoms with van der Waals surface area (Å²) in [5, 5.41) is 1.93. The number of ether oxygens (including phenoxy) is 1. The minimum Gasteiger partial charge on any atom is -1.00 e. The Morgan fingerprint density at radius 1 is 0.963 bits per heavy atom. The number of quaternary nitrogens is 1. The van der Waals surface area contributed by atoms with Gasteiger partial charge in [0, 0.05) is 22.9 Å². The van der Waals surface area contributed by atoms with Gasteiger partial charge in [-0.05, 0) is 56.4 Å². The van der Waals surface area contributed by atoms with Gasteiger partial charge in [-0.25, -0.2) is 4.39 Å². The molecule has 2 aromatic carbocycles. The van der Waals surface area contributed by atoms with Gasteiger partial charge in [-0.1, -0.05) is 0 Å². The number of likely N-dealkylation sites (tertiary alicyclic amines) is 1. The van der Waals surface area contributed by atoms with E-state index in [1.54, 1.807) is 6.07 Å². The summed E-state index contributed by atoms with van der Waals surface area (Å²) in [6.07, 6.45) is 6.40. The van der Waals surface area contributed by atoms with E-state index in [0.29, 0.717) is 5.58 Å². The molecule has 1 aromatic heterocycles. The van der Waals surface area contributed by atoms with Gasteiger partial charge in [0.25, 0.3) is 0 Å². The van der Waals surface area contributed by atoms with Crippen molar-refractivity contribution in [2.24, 2.45) is 0 Å². The predicted octanol–water partition coefficient (Wildman–Crippen LogP) is 2.52. The van der Waals surface area contributed by atoms with Crippen LogP contribution in [0.3, 0.4) is 0 Å². The van der Waals surface area contributed by atoms with Crippen molar-refractivity contribution in [3.8, 4) is 5.75 Å². The van der Waals surface area contributed by atoms with Crippen LogP contribution in [0.15, 0.2) is 40.8 Å². The lowest BCUT2D eigenvalue weighted by molar-refractivity contribution is -0.914. The van der Waals surface area contributed by atoms with E-state index in [0.717, 1.165) is 35.1 Å². The van der Waals surface area contributed by atoms with Crippen LogP contribution in [0.5, 0.6) is 5.75 Å². The van der Waals surface area contributed by atoms with Crippen molar-refractivity contribution in [1.82, 2.24) is 0 Å². The van der Waals surface area contributed by atoms with Crippen LogP contribution in [-0.2, 0) is 0 Å². The van der Waals surface area contributed by atoms with E-state index < -0.39 is 0 Å². The molecular formula is C22H27BrFNO2. The number of nitrogens with zero attached hydrogens (tertiary/aromatic N) is 1. The molecule has 3 aromatic rings. The summed E-state index contributed by atoms with van der Waals surface area (Å²) in [5.74, 6) is 0.536. The van der Waals surface area contributed by atoms with E-state index in [2.05, 4.69) is 7.05 Å². The van der Waals surface area contributed by atoms with Gasteiger partial charge < -0.3 is 30.6 Å². The van der Waals surface area contributed by atoms with Crippen molar-refractivity contribution < 1.29 is 35.0 Å². The van der Waals surface area contributed by atoms with E-state index >= 15 is 0 Å². The van der Waals surface area contributed by atoms with Gasteiger partial charge in [-0.2, -0.15) is 0 Å². The summed E-state index contributed by atoms with van der Waals surface area (Å²) >= 11 is 0. The van der Waals surface area contributed by atoms with Gasteiger partial charge >= 0.3 is 0 Å². The minimum atomic E-state index is -0.280. The van der Waals surface area contributed by atoms with Gasteiger partial charge in [0.2, 0.25) is 0 Å². The van der Waals surface area contributed by atoms with Crippen LogP contribution in [0.2, 0.25) is 0 Å². The molecule has 4 rings (SSSR count). The van der Waals surface area contributed by atoms with Gasteiger partial charge in [-0.3, -0.25) is 0 Å². The molecule has 0 unspecified atom stereocenters. The van der Waals surface area contributed by atoms with Crippen molar-refractivity contribution in [3.63, 3.8) is 0 Å². The molecule has 0 radical (unpaired) electrons. The van der Waals surface area contributed by atoms with E-state index in [4.69, 9.17) is 9.15 Å². The van der Waals surface area contributed by atoms with Crippen molar-refractivity contribution in [3.05, 3.63) is 42.2 Å². The standard InChI is InChI=1S/C22H27FNO2.BrH/c1-24(11-3-2-4-12-24)13-5-6-14-25-18-8-10-20-19-9-7-17(23)15-21(19)26-22(20)16-18;/h7-10,15-16H,2-6,11-14H2,1H3;1H/q+1;/p-1. The summed E-state index contributed by atoms with van der Waals surface area (Å²) < 4.78 is 26.3. The number of hydrogen-bond acceptors (Lipinski definition) is 2. The molecule has 1 fully saturated rings. The first kappa shape index (κ1) is 20.2. The number of furan rings is 1. The molecule has 1 aliphatic rings. The van der Waals surface area contributed by atoms with Crippen LogP contribution >= 0.6 is 0 Å². The highest BCUT2D eigenvalue weighted by molar-refractivity contribution is 6.05. The molecule has 0 aliphatic carbocycles. The number of piperidine rings is 1. The maximum Gasteiger partial charge on any atom is 0.139 e. The monoisotopic (exact) mass is 435 g/mol. The van der Waals surface area contributed by atoms with Crippen molar-refractivity contribution >= 4 is 21.9 Å². The molecule has 0 bridgehead atoms. The summed E-state index contributed by atoms with van der Waals surface area (Å²) in [6.45, 7) is 4.62. The third-order valence-corrected chi connectivity index (χ3v) is 5.66. The predicted molar refractivity (Wildman–Crippen MR) is 103 cm³/mol. The van der Waals surface area contributed by atoms with Crippen LogP contribution in [0.1, 0.15) is 32.1 Å². The lowest BCUT2D eigenvalue weighted by Gasteiger charge is -2.37. The van der Waals surface area contributed by atoms with E-state index in [9.17, 15) is 4.39 Å². The van der Waals surface area contributed by atoms with Crippen LogP contribution in [0.25, 0.3) is 21.9 Å². The highest BCUT2D eigenvalue weighted by atomic mass is 79.9. The minimum absolute atomic E-state index is 0. The Kier molecular flexibility index (Phi) is 6.43. The molecule has 1 aliphatic heterocycles. The van der Waals surface area contributed by atoms with E-state index in [1.807, 2.05) is 18.2 Å². The van der Waals surface area contributed by atoms with Gasteiger partial charge in [0.15, 0.2) is 0 Å². The Bertz CT molecular complexity index is 902. The smallest absolute Gasteiger partial charge is 0.139 e. The Balaban J connectivity index is 0.00000210. The Morgan fingerprint density at radius 3 is 2.44 bits per heavy atom. The molecule has 0 spiro atoms. The first-order chi connectivity index (χ1) is 12.6. The van der Waals surface area contributed by atoms with Gasteiger partial charge in [-0.15, -0.1) is 0 Å². The molecule has 2 heterocycles. The van der Waals surface area contributed by atoms with Crippen LogP contribution in [0, 0.1) is 5.82 Å². The maximum atomic E-state index is 13.4. The van der Waals surface area contributed by atoms with Crippen molar-refractivity contribution in [2.75, 3.05) is 33.3 Å². The molecule has 1 saturated heterocycles. The third kappa shape index (κ3) is 4.64. The molecule has 3 nitrogen and oxygen atoms in total. The van der Waals surface area contributed by atoms with Crippen LogP contribution < -0.4 is 21.7 Å². The first-order valence-corrected chi connectivity index (χ1v) is 9.71. The lowest BCUT2D eigenvalue weighted by Crippen LogP contribution is -3.00. The molecule has 0 amide bonds. The Labute approximate surface area is 170 Å². The van der Waals surface area contributed by atoms with Gasteiger partial charge in [0.05, 0.1) is 33.3 Å². The number of fused-ring (bicyclic) bond motifs is 3. The van der Waals surface area contributed by atoms with Crippen LogP contribution in [0.4, 0.5) is 4.39 Å². The zero-order chi connectivity index (χ0) is 18.0. The average molecular weight is 436 g/mol. The fourth-order valence-corrected chi connectivity index (χ4v) is 4.11. The fraction of sp³-hybridized carbons (Fsp3) is 0.455. The molecule has 0 N–H and O–H groups in total. The van der Waals surface area contributed by atoms with E-state index in [1.165, 1.54) is 61.9 Å². The highest BCUT2D eigenvalue weighted by Gasteiger charge is 2.23. The van der Waals surface area contributed by atoms with Crippen molar-refractivity contribution in [1.29, 1.82) is 0 Å². The molecule has 5 heteroatoms. The Morgan fingerprint density at radius 2 is 1.67 bits per heavy atom. The second kappa shape index (κ2) is 8.61. The molecule has 0 atom stereocenters. The number of halogens is 2. The third-order valence-electron chi connectivity index (χ3n) is 5.66. The number of rotatable bonds is 6. The molecule has 146 valence electrons. The topological polar surface area (TPSA) is 22.4 Å². The quantitative estimate of drug-likeness (QED) is 0.438. The summed E-state index contributed by atoms with van der Waals surface area (Å²) in [4.78, 5) is 0. The zero-order valence-corrected chi connectivity index (χ0v) is 17.4. The molecule has 0 saturated carbocycles. The Hall–Kier alpha value is -1.59. The summed E-state index contributed by atoms with van der Waals surface area (Å²) in [5.41, 5.74) is 1.32. The lowest BCUT2D eigenvalue weighted by atomic mass is 10.1. The second-order valence-corrected chi connectivity index (χ2v) is 7.81. The first-order valence-electron chi connectivity index (χ1n) is 9.71. The number of unbranched alkanes of at least 4 members (excludes halogenated alkanes) is 1. The summed E-state index contributed by atoms with van der Waals surface area (Å²) in [7, 11) is 2.39. The summed E-state index contributed by atoms with van der Waals surface area (Å²) in [6, 6.07) is 10.5. The molecular weight excluding hydrogens is 409 g/mol. The largest absolute Gasteiger partial charge is 1.00 e. The number of benzene rings is 2. The normalized spacial score (nSPS) is 16.4. The number of hydrogen-bond donors (Lipinski definition) is 0. The van der Waals surface area contributed by atoms with Crippen LogP contribution in [-0.4, -0.2) is 37.8 Å². The molecule has 27 heavy (non-hydrogen) atoms. The average Bonchev–Trinajstić information content (AvgIpc) is 2.98. The van der Waals surface area contributed by atoms with Gasteiger partial charge in [0.1, 0.15) is 22.7 Å². The second-order valence-electron chi connectivity index (χ2n) is 7.81. The highest BCUT2D eigenvalue weighted by Crippen LogP contribution is 2.31.